The maximum absolute atomic E-state index is 14.4. The quantitative estimate of drug-likeness (QED) is 0.352. The normalized spacial score (nSPS) is 13.4. The predicted octanol–water partition coefficient (Wildman–Crippen LogP) is 6.98. The van der Waals surface area contributed by atoms with Gasteiger partial charge >= 0.3 is 6.18 Å². The molecule has 0 unspecified atom stereocenters. The molecular weight excluding hydrogens is 538 g/mol. The molecule has 4 nitrogen and oxygen atoms in total. The van der Waals surface area contributed by atoms with Gasteiger partial charge in [0.2, 0.25) is 5.91 Å². The van der Waals surface area contributed by atoms with E-state index in [0.29, 0.717) is 34.5 Å². The second-order valence-electron chi connectivity index (χ2n) is 8.63. The van der Waals surface area contributed by atoms with Crippen LogP contribution in [-0.2, 0) is 30.4 Å². The molecule has 194 valence electrons. The van der Waals surface area contributed by atoms with Gasteiger partial charge in [0.05, 0.1) is 33.3 Å². The number of fused-ring (bicyclic) bond motifs is 1. The third-order valence-electron chi connectivity index (χ3n) is 6.11. The Morgan fingerprint density at radius 2 is 1.76 bits per heavy atom. The highest BCUT2D eigenvalue weighted by molar-refractivity contribution is 6.35. The minimum absolute atomic E-state index is 0.0413. The van der Waals surface area contributed by atoms with Gasteiger partial charge in [-0.25, -0.2) is 8.78 Å². The smallest absolute Gasteiger partial charge is 0.334 e. The average Bonchev–Trinajstić information content (AvgIpc) is 2.82. The Morgan fingerprint density at radius 3 is 2.43 bits per heavy atom. The van der Waals surface area contributed by atoms with Gasteiger partial charge in [0.1, 0.15) is 11.6 Å². The first-order valence-corrected chi connectivity index (χ1v) is 11.8. The molecule has 0 spiro atoms. The lowest BCUT2D eigenvalue weighted by Crippen LogP contribution is -2.37. The molecule has 0 aromatic heterocycles. The number of hydrogen-bond donors (Lipinski definition) is 1. The lowest BCUT2D eigenvalue weighted by Gasteiger charge is -2.31. The lowest BCUT2D eigenvalue weighted by molar-refractivity contribution is -0.140. The van der Waals surface area contributed by atoms with E-state index < -0.39 is 35.2 Å². The molecule has 11 heteroatoms. The summed E-state index contributed by atoms with van der Waals surface area (Å²) in [4.78, 5) is 27.1. The van der Waals surface area contributed by atoms with Crippen LogP contribution in [0.25, 0.3) is 0 Å². The third kappa shape index (κ3) is 5.57. The maximum atomic E-state index is 14.4. The molecule has 4 rings (SSSR count). The molecular formula is C26H19Cl2F5N2O2. The van der Waals surface area contributed by atoms with Crippen LogP contribution >= 0.6 is 23.2 Å². The Hall–Kier alpha value is -3.17. The maximum Gasteiger partial charge on any atom is 0.419 e. The number of anilines is 1. The summed E-state index contributed by atoms with van der Waals surface area (Å²) in [6.07, 6.45) is -4.94. The zero-order valence-corrected chi connectivity index (χ0v) is 20.8. The van der Waals surface area contributed by atoms with Gasteiger partial charge in [-0.1, -0.05) is 41.4 Å². The first kappa shape index (κ1) is 26.9. The number of nitrogens with one attached hydrogen (secondary N) is 1. The number of carbonyl (C=O) groups is 2. The van der Waals surface area contributed by atoms with Gasteiger partial charge in [-0.2, -0.15) is 13.2 Å². The minimum Gasteiger partial charge on any atom is -0.334 e. The number of alkyl halides is 3. The van der Waals surface area contributed by atoms with Gasteiger partial charge in [0.15, 0.2) is 0 Å². The molecule has 3 aromatic rings. The Bertz CT molecular complexity index is 1410. The van der Waals surface area contributed by atoms with Gasteiger partial charge < -0.3 is 10.2 Å². The number of halogens is 7. The second-order valence-corrected chi connectivity index (χ2v) is 9.41. The molecule has 3 aromatic carbocycles. The van der Waals surface area contributed by atoms with Crippen molar-refractivity contribution < 1.29 is 31.5 Å². The van der Waals surface area contributed by atoms with Crippen molar-refractivity contribution in [3.63, 3.8) is 0 Å². The number of amides is 2. The van der Waals surface area contributed by atoms with Gasteiger partial charge in [0.25, 0.3) is 5.91 Å². The molecule has 1 N–H and O–H groups in total. The zero-order valence-electron chi connectivity index (χ0n) is 19.3. The van der Waals surface area contributed by atoms with Gasteiger partial charge in [-0.05, 0) is 59.9 Å². The molecule has 0 radical (unpaired) electrons. The van der Waals surface area contributed by atoms with E-state index in [0.717, 1.165) is 6.07 Å². The standard InChI is InChI=1S/C26H19Cl2F5N2O2/c1-13-2-7-19(29)22(23(13)28)25(37)35-9-8-16-15(12-35)4-6-18(27)24(16)34-21(36)11-14-3-5-17(20(30)10-14)26(31,32)33/h2-7,10H,8-9,11-12H2,1H3,(H,34,36). The van der Waals surface area contributed by atoms with Gasteiger partial charge in [-0.3, -0.25) is 9.59 Å². The van der Waals surface area contributed by atoms with Crippen molar-refractivity contribution in [1.29, 1.82) is 0 Å². The van der Waals surface area contributed by atoms with Crippen molar-refractivity contribution >= 4 is 40.7 Å². The molecule has 1 heterocycles. The fraction of sp³-hybridized carbons (Fsp3) is 0.231. The predicted molar refractivity (Wildman–Crippen MR) is 130 cm³/mol. The van der Waals surface area contributed by atoms with Crippen molar-refractivity contribution in [2.75, 3.05) is 11.9 Å². The Balaban J connectivity index is 1.52. The van der Waals surface area contributed by atoms with Crippen LogP contribution in [0, 0.1) is 18.6 Å². The molecule has 0 aliphatic carbocycles. The second kappa shape index (κ2) is 10.3. The minimum atomic E-state index is -4.84. The Labute approximate surface area is 219 Å². The number of aryl methyl sites for hydroxylation is 1. The summed E-state index contributed by atoms with van der Waals surface area (Å²) < 4.78 is 66.6. The van der Waals surface area contributed by atoms with E-state index in [2.05, 4.69) is 5.32 Å². The van der Waals surface area contributed by atoms with Crippen LogP contribution < -0.4 is 5.32 Å². The largest absolute Gasteiger partial charge is 0.419 e. The molecule has 0 bridgehead atoms. The monoisotopic (exact) mass is 556 g/mol. The number of rotatable bonds is 4. The first-order chi connectivity index (χ1) is 17.4. The Kier molecular flexibility index (Phi) is 7.48. The number of nitrogens with zero attached hydrogens (tertiary/aromatic N) is 1. The molecule has 1 aliphatic heterocycles. The van der Waals surface area contributed by atoms with Crippen molar-refractivity contribution in [3.05, 3.63) is 97.5 Å². The van der Waals surface area contributed by atoms with Crippen LogP contribution in [-0.4, -0.2) is 23.3 Å². The Morgan fingerprint density at radius 1 is 1.03 bits per heavy atom. The molecule has 0 saturated carbocycles. The van der Waals surface area contributed by atoms with Crippen molar-refractivity contribution in [1.82, 2.24) is 4.90 Å². The van der Waals surface area contributed by atoms with E-state index >= 15 is 0 Å². The highest BCUT2D eigenvalue weighted by Crippen LogP contribution is 2.35. The summed E-state index contributed by atoms with van der Waals surface area (Å²) in [6, 6.07) is 8.17. The van der Waals surface area contributed by atoms with Crippen LogP contribution in [0.2, 0.25) is 10.0 Å². The fourth-order valence-corrected chi connectivity index (χ4v) is 4.67. The fourth-order valence-electron chi connectivity index (χ4n) is 4.21. The highest BCUT2D eigenvalue weighted by Gasteiger charge is 2.34. The summed E-state index contributed by atoms with van der Waals surface area (Å²) in [5.41, 5.74) is 0.622. The van der Waals surface area contributed by atoms with Crippen LogP contribution in [0.1, 0.15) is 38.2 Å². The summed E-state index contributed by atoms with van der Waals surface area (Å²) in [6.45, 7) is 1.98. The van der Waals surface area contributed by atoms with E-state index in [1.165, 1.54) is 23.1 Å². The SMILES string of the molecule is Cc1ccc(F)c(C(=O)N2CCc3c(ccc(Cl)c3NC(=O)Cc3ccc(C(F)(F)F)c(F)c3)C2)c1Cl. The first-order valence-electron chi connectivity index (χ1n) is 11.1. The summed E-state index contributed by atoms with van der Waals surface area (Å²) >= 11 is 12.5. The van der Waals surface area contributed by atoms with Crippen LogP contribution in [0.15, 0.2) is 42.5 Å². The van der Waals surface area contributed by atoms with Gasteiger partial charge in [0, 0.05) is 13.1 Å². The van der Waals surface area contributed by atoms with Gasteiger partial charge in [-0.15, -0.1) is 0 Å². The molecule has 0 saturated heterocycles. The lowest BCUT2D eigenvalue weighted by atomic mass is 9.96. The zero-order chi connectivity index (χ0) is 27.1. The number of benzene rings is 3. The van der Waals surface area contributed by atoms with Crippen molar-refractivity contribution in [2.45, 2.75) is 32.5 Å². The van der Waals surface area contributed by atoms with Crippen LogP contribution in [0.3, 0.4) is 0 Å². The van der Waals surface area contributed by atoms with E-state index in [4.69, 9.17) is 23.2 Å². The highest BCUT2D eigenvalue weighted by atomic mass is 35.5. The molecule has 37 heavy (non-hydrogen) atoms. The van der Waals surface area contributed by atoms with Crippen LogP contribution in [0.5, 0.6) is 0 Å². The summed E-state index contributed by atoms with van der Waals surface area (Å²) in [5, 5.41) is 2.91. The molecule has 2 amide bonds. The number of carbonyl (C=O) groups excluding carboxylic acids is 2. The van der Waals surface area contributed by atoms with E-state index in [1.807, 2.05) is 0 Å². The molecule has 0 fully saturated rings. The van der Waals surface area contributed by atoms with E-state index in [9.17, 15) is 31.5 Å². The summed E-state index contributed by atoms with van der Waals surface area (Å²) in [7, 11) is 0. The average molecular weight is 557 g/mol. The van der Waals surface area contributed by atoms with E-state index in [1.54, 1.807) is 13.0 Å². The van der Waals surface area contributed by atoms with Crippen molar-refractivity contribution in [3.8, 4) is 0 Å². The molecule has 0 atom stereocenters. The topological polar surface area (TPSA) is 49.4 Å². The summed E-state index contributed by atoms with van der Waals surface area (Å²) in [5.74, 6) is -3.37. The molecule has 1 aliphatic rings. The third-order valence-corrected chi connectivity index (χ3v) is 6.91. The number of hydrogen-bond acceptors (Lipinski definition) is 2. The van der Waals surface area contributed by atoms with E-state index in [-0.39, 0.29) is 47.1 Å². The van der Waals surface area contributed by atoms with Crippen LogP contribution in [0.4, 0.5) is 27.6 Å². The van der Waals surface area contributed by atoms with Crippen molar-refractivity contribution in [2.24, 2.45) is 0 Å².